The van der Waals surface area contributed by atoms with E-state index in [-0.39, 0.29) is 11.1 Å². The Balaban J connectivity index is 1.77. The molecule has 0 fully saturated rings. The number of anilines is 1. The molecule has 2 aliphatic rings. The first-order valence-corrected chi connectivity index (χ1v) is 13.1. The van der Waals surface area contributed by atoms with Crippen molar-refractivity contribution < 1.29 is 34.2 Å². The Kier molecular flexibility index (Phi) is 7.15. The van der Waals surface area contributed by atoms with E-state index in [4.69, 9.17) is 9.25 Å². The highest BCUT2D eigenvalue weighted by Gasteiger charge is 2.25. The van der Waals surface area contributed by atoms with Crippen molar-refractivity contribution in [1.82, 2.24) is 4.73 Å². The third kappa shape index (κ3) is 4.95. The van der Waals surface area contributed by atoms with Gasteiger partial charge in [0.05, 0.1) is 16.5 Å². The Morgan fingerprint density at radius 3 is 2.34 bits per heavy atom. The molecule has 0 radical (unpaired) electrons. The van der Waals surface area contributed by atoms with Gasteiger partial charge in [-0.05, 0) is 68.7 Å². The van der Waals surface area contributed by atoms with Gasteiger partial charge in [0.15, 0.2) is 0 Å². The first-order valence-electron chi connectivity index (χ1n) is 13.1. The Morgan fingerprint density at radius 2 is 1.68 bits per heavy atom. The lowest BCUT2D eigenvalue weighted by molar-refractivity contribution is 0.0381. The normalized spacial score (nSPS) is 11.8. The summed E-state index contributed by atoms with van der Waals surface area (Å²) in [7, 11) is 0. The molecule has 1 aliphatic heterocycles. The second-order valence-electron chi connectivity index (χ2n) is 9.57. The van der Waals surface area contributed by atoms with Gasteiger partial charge in [-0.25, -0.2) is 9.59 Å². The maximum Gasteiger partial charge on any atom is 0.363 e. The van der Waals surface area contributed by atoms with Crippen LogP contribution in [0.25, 0.3) is 33.4 Å². The number of aromatic carboxylic acids is 1. The highest BCUT2D eigenvalue weighted by atomic mass is 16.7. The molecule has 1 aliphatic carbocycles. The van der Waals surface area contributed by atoms with Crippen molar-refractivity contribution in [3.63, 3.8) is 0 Å². The zero-order chi connectivity index (χ0) is 29.4. The number of fused-ring (bicyclic) bond motifs is 2. The number of rotatable bonds is 7. The summed E-state index contributed by atoms with van der Waals surface area (Å²) in [6.07, 6.45) is 0. The van der Waals surface area contributed by atoms with E-state index >= 15 is 0 Å². The van der Waals surface area contributed by atoms with Gasteiger partial charge in [0.1, 0.15) is 11.3 Å². The summed E-state index contributed by atoms with van der Waals surface area (Å²) in [6, 6.07) is 14.1. The Bertz CT molecular complexity index is 1850. The molecule has 0 unspecified atom stereocenters. The van der Waals surface area contributed by atoms with Crippen LogP contribution in [-0.2, 0) is 0 Å². The van der Waals surface area contributed by atoms with Crippen molar-refractivity contribution >= 4 is 28.6 Å². The number of carbonyl (C=O) groups is 2. The van der Waals surface area contributed by atoms with Crippen molar-refractivity contribution in [2.24, 2.45) is 4.99 Å². The minimum Gasteiger partial charge on any atom is -0.492 e. The number of nitrogens with one attached hydrogen (secondary N) is 1. The Labute approximate surface area is 235 Å². The maximum atomic E-state index is 12.9. The Morgan fingerprint density at radius 1 is 0.951 bits per heavy atom. The summed E-state index contributed by atoms with van der Waals surface area (Å²) >= 11 is 0. The van der Waals surface area contributed by atoms with E-state index in [1.807, 2.05) is 52.0 Å². The van der Waals surface area contributed by atoms with E-state index in [0.29, 0.717) is 51.2 Å². The third-order valence-electron chi connectivity index (χ3n) is 6.81. The van der Waals surface area contributed by atoms with Crippen LogP contribution in [0.1, 0.15) is 45.7 Å². The molecule has 0 atom stereocenters. The fraction of sp³-hybridized carbons (Fsp3) is 0.194. The molecule has 2 heterocycles. The summed E-state index contributed by atoms with van der Waals surface area (Å²) < 4.78 is 6.91. The number of hydrogen-bond donors (Lipinski definition) is 4. The van der Waals surface area contributed by atoms with Crippen LogP contribution in [0.4, 0.5) is 5.69 Å². The first-order chi connectivity index (χ1) is 19.6. The van der Waals surface area contributed by atoms with E-state index in [9.17, 15) is 24.9 Å². The second-order valence-corrected chi connectivity index (χ2v) is 9.57. The van der Waals surface area contributed by atoms with Gasteiger partial charge in [-0.3, -0.25) is 4.99 Å². The molecule has 0 saturated heterocycles. The lowest BCUT2D eigenvalue weighted by atomic mass is 9.88. The molecular weight excluding hydrogens is 526 g/mol. The third-order valence-corrected chi connectivity index (χ3v) is 6.81. The minimum atomic E-state index is -1.25. The SMILES string of the molecule is CCN=c1cc2oc3cc(NCC)c(C)cc3c(-c3ccc(C(=O)On4c(O)ccc4O)cc3C(=O)O)c-2cc1C. The van der Waals surface area contributed by atoms with Crippen LogP contribution in [0.5, 0.6) is 11.8 Å². The lowest BCUT2D eigenvalue weighted by Crippen LogP contribution is -2.19. The fourth-order valence-electron chi connectivity index (χ4n) is 4.90. The number of benzene rings is 3. The van der Waals surface area contributed by atoms with Gasteiger partial charge in [0, 0.05) is 59.6 Å². The summed E-state index contributed by atoms with van der Waals surface area (Å²) in [5, 5.41) is 34.7. The van der Waals surface area contributed by atoms with Crippen molar-refractivity contribution in [2.75, 3.05) is 18.4 Å². The molecule has 41 heavy (non-hydrogen) atoms. The highest BCUT2D eigenvalue weighted by Crippen LogP contribution is 2.43. The topological polar surface area (TPSA) is 147 Å². The molecule has 10 nitrogen and oxygen atoms in total. The molecule has 2 aromatic carbocycles. The zero-order valence-corrected chi connectivity index (χ0v) is 23.0. The minimum absolute atomic E-state index is 0.0845. The molecule has 4 N–H and O–H groups in total. The van der Waals surface area contributed by atoms with Crippen molar-refractivity contribution in [3.05, 3.63) is 82.2 Å². The lowest BCUT2D eigenvalue weighted by Gasteiger charge is -2.19. The molecule has 0 amide bonds. The highest BCUT2D eigenvalue weighted by molar-refractivity contribution is 6.09. The molecule has 5 rings (SSSR count). The first kappa shape index (κ1) is 27.3. The number of carboxylic acids is 1. The number of nitrogens with zero attached hydrogens (tertiary/aromatic N) is 2. The second kappa shape index (κ2) is 10.7. The number of aryl methyl sites for hydroxylation is 2. The largest absolute Gasteiger partial charge is 0.492 e. The molecule has 10 heteroatoms. The standard InChI is InChI=1S/C31H29N3O7/c1-5-32-23-14-25-21(11-16(23)3)29(22-12-17(4)24(33-6-2)15-26(22)40-25)19-8-7-18(13-20(19)30(37)38)31(39)41-34-27(35)9-10-28(34)36/h7-15,32,35-36H,5-6H2,1-4H3,(H,37,38). The predicted molar refractivity (Wildman–Crippen MR) is 154 cm³/mol. The van der Waals surface area contributed by atoms with Gasteiger partial charge in [0.2, 0.25) is 11.8 Å². The summed E-state index contributed by atoms with van der Waals surface area (Å²) in [5.74, 6) is -2.66. The molecule has 0 spiro atoms. The summed E-state index contributed by atoms with van der Waals surface area (Å²) in [5.41, 5.74) is 4.79. The van der Waals surface area contributed by atoms with Crippen LogP contribution in [0, 0.1) is 13.8 Å². The predicted octanol–water partition coefficient (Wildman–Crippen LogP) is 5.35. The van der Waals surface area contributed by atoms with Crippen LogP contribution in [-0.4, -0.2) is 45.1 Å². The van der Waals surface area contributed by atoms with Gasteiger partial charge >= 0.3 is 11.9 Å². The van der Waals surface area contributed by atoms with Crippen LogP contribution in [0.15, 0.2) is 64.0 Å². The van der Waals surface area contributed by atoms with E-state index in [2.05, 4.69) is 10.3 Å². The molecule has 3 aromatic rings. The van der Waals surface area contributed by atoms with E-state index in [0.717, 1.165) is 34.3 Å². The van der Waals surface area contributed by atoms with Crippen molar-refractivity contribution in [2.45, 2.75) is 27.7 Å². The summed E-state index contributed by atoms with van der Waals surface area (Å²) in [4.78, 5) is 35.1. The van der Waals surface area contributed by atoms with E-state index < -0.39 is 23.7 Å². The monoisotopic (exact) mass is 555 g/mol. The maximum absolute atomic E-state index is 12.9. The number of aromatic nitrogens is 1. The fourth-order valence-corrected chi connectivity index (χ4v) is 4.90. The van der Waals surface area contributed by atoms with Gasteiger partial charge in [-0.2, -0.15) is 0 Å². The van der Waals surface area contributed by atoms with Gasteiger partial charge in [-0.1, -0.05) is 6.07 Å². The number of hydrogen-bond acceptors (Lipinski definition) is 8. The Hall–Kier alpha value is -5.25. The average Bonchev–Trinajstić information content (AvgIpc) is 3.25. The summed E-state index contributed by atoms with van der Waals surface area (Å²) in [6.45, 7) is 9.15. The zero-order valence-electron chi connectivity index (χ0n) is 23.0. The number of carboxylic acid groups (broad SMARTS) is 1. The molecule has 210 valence electrons. The van der Waals surface area contributed by atoms with Crippen LogP contribution >= 0.6 is 0 Å². The van der Waals surface area contributed by atoms with E-state index in [1.54, 1.807) is 6.07 Å². The quantitative estimate of drug-likeness (QED) is 0.197. The molecule has 0 bridgehead atoms. The number of aromatic hydroxyl groups is 2. The van der Waals surface area contributed by atoms with Gasteiger partial charge in [-0.15, -0.1) is 4.73 Å². The van der Waals surface area contributed by atoms with Crippen LogP contribution in [0.3, 0.4) is 0 Å². The van der Waals surface area contributed by atoms with E-state index in [1.165, 1.54) is 12.1 Å². The van der Waals surface area contributed by atoms with Gasteiger partial charge in [0.25, 0.3) is 0 Å². The van der Waals surface area contributed by atoms with Crippen molar-refractivity contribution in [1.29, 1.82) is 0 Å². The smallest absolute Gasteiger partial charge is 0.363 e. The molecule has 0 saturated carbocycles. The van der Waals surface area contributed by atoms with Gasteiger partial charge < -0.3 is 29.9 Å². The number of carbonyl (C=O) groups excluding carboxylic acids is 1. The molecular formula is C31H29N3O7. The molecule has 1 aromatic heterocycles. The van der Waals surface area contributed by atoms with Crippen LogP contribution < -0.4 is 15.5 Å². The van der Waals surface area contributed by atoms with Crippen LogP contribution in [0.2, 0.25) is 0 Å². The average molecular weight is 556 g/mol. The van der Waals surface area contributed by atoms with Crippen molar-refractivity contribution in [3.8, 4) is 34.2 Å².